The molecule has 5 rings (SSSR count). The number of fused-ring (bicyclic) bond motifs is 1. The standard InChI is InChI=1S/C25H30N6O2/c1-29-25(27-17-28-29)20-4-7-22-19(16-20)9-15-33-23(22)8-10-30-11-13-31(14-12-30)21-5-2-18(3-6-21)24(26)32/h2-7,16-17,23H,8-15H2,1H3,(H2,26,32). The maximum absolute atomic E-state index is 11.3. The monoisotopic (exact) mass is 446 g/mol. The third-order valence-electron chi connectivity index (χ3n) is 6.75. The summed E-state index contributed by atoms with van der Waals surface area (Å²) in [6.45, 7) is 5.75. The van der Waals surface area contributed by atoms with Crippen molar-refractivity contribution in [3.63, 3.8) is 0 Å². The van der Waals surface area contributed by atoms with E-state index >= 15 is 0 Å². The molecule has 2 N–H and O–H groups in total. The molecule has 0 bridgehead atoms. The maximum Gasteiger partial charge on any atom is 0.248 e. The molecule has 1 unspecified atom stereocenters. The second-order valence-corrected chi connectivity index (χ2v) is 8.76. The van der Waals surface area contributed by atoms with Crippen molar-refractivity contribution >= 4 is 11.6 Å². The van der Waals surface area contributed by atoms with Crippen molar-refractivity contribution in [3.05, 3.63) is 65.5 Å². The molecule has 1 fully saturated rings. The van der Waals surface area contributed by atoms with E-state index in [1.807, 2.05) is 23.9 Å². The highest BCUT2D eigenvalue weighted by Crippen LogP contribution is 2.32. The smallest absolute Gasteiger partial charge is 0.248 e. The molecule has 2 aliphatic heterocycles. The first-order chi connectivity index (χ1) is 16.1. The van der Waals surface area contributed by atoms with Crippen LogP contribution in [0.3, 0.4) is 0 Å². The fourth-order valence-electron chi connectivity index (χ4n) is 4.84. The highest BCUT2D eigenvalue weighted by atomic mass is 16.5. The molecule has 33 heavy (non-hydrogen) atoms. The predicted octanol–water partition coefficient (Wildman–Crippen LogP) is 2.41. The van der Waals surface area contributed by atoms with E-state index in [-0.39, 0.29) is 12.0 Å². The van der Waals surface area contributed by atoms with Crippen LogP contribution in [-0.2, 0) is 18.2 Å². The van der Waals surface area contributed by atoms with E-state index in [2.05, 4.69) is 38.1 Å². The number of piperazine rings is 1. The van der Waals surface area contributed by atoms with E-state index in [1.54, 1.807) is 18.5 Å². The van der Waals surface area contributed by atoms with Gasteiger partial charge in [-0.1, -0.05) is 12.1 Å². The van der Waals surface area contributed by atoms with E-state index in [9.17, 15) is 4.79 Å². The minimum absolute atomic E-state index is 0.140. The SMILES string of the molecule is Cn1ncnc1-c1ccc2c(c1)CCOC2CCN1CCN(c2ccc(C(N)=O)cc2)CC1. The van der Waals surface area contributed by atoms with Crippen molar-refractivity contribution in [2.24, 2.45) is 12.8 Å². The number of carbonyl (C=O) groups is 1. The van der Waals surface area contributed by atoms with Crippen molar-refractivity contribution in [2.45, 2.75) is 18.9 Å². The summed E-state index contributed by atoms with van der Waals surface area (Å²) in [5, 5.41) is 4.19. The van der Waals surface area contributed by atoms with Gasteiger partial charge in [-0.25, -0.2) is 9.67 Å². The van der Waals surface area contributed by atoms with Crippen LogP contribution in [0.25, 0.3) is 11.4 Å². The van der Waals surface area contributed by atoms with Crippen molar-refractivity contribution in [3.8, 4) is 11.4 Å². The molecule has 3 heterocycles. The highest BCUT2D eigenvalue weighted by molar-refractivity contribution is 5.93. The lowest BCUT2D eigenvalue weighted by molar-refractivity contribution is 0.0289. The predicted molar refractivity (Wildman–Crippen MR) is 127 cm³/mol. The number of benzene rings is 2. The molecule has 172 valence electrons. The molecule has 1 atom stereocenters. The summed E-state index contributed by atoms with van der Waals surface area (Å²) >= 11 is 0. The van der Waals surface area contributed by atoms with Gasteiger partial charge >= 0.3 is 0 Å². The van der Waals surface area contributed by atoms with Gasteiger partial charge in [0.15, 0.2) is 5.82 Å². The lowest BCUT2D eigenvalue weighted by atomic mass is 9.93. The van der Waals surface area contributed by atoms with Crippen molar-refractivity contribution < 1.29 is 9.53 Å². The van der Waals surface area contributed by atoms with Gasteiger partial charge < -0.3 is 15.4 Å². The summed E-state index contributed by atoms with van der Waals surface area (Å²) in [6, 6.07) is 14.2. The average molecular weight is 447 g/mol. The van der Waals surface area contributed by atoms with Gasteiger partial charge in [0.2, 0.25) is 5.91 Å². The molecule has 2 aliphatic rings. The van der Waals surface area contributed by atoms with Crippen molar-refractivity contribution in [2.75, 3.05) is 44.2 Å². The van der Waals surface area contributed by atoms with Crippen molar-refractivity contribution in [1.29, 1.82) is 0 Å². The van der Waals surface area contributed by atoms with Crippen LogP contribution in [0.1, 0.15) is 34.0 Å². The molecule has 0 spiro atoms. The van der Waals surface area contributed by atoms with Gasteiger partial charge in [-0.3, -0.25) is 9.69 Å². The summed E-state index contributed by atoms with van der Waals surface area (Å²) < 4.78 is 7.97. The quantitative estimate of drug-likeness (QED) is 0.626. The molecule has 8 nitrogen and oxygen atoms in total. The first-order valence-electron chi connectivity index (χ1n) is 11.5. The second-order valence-electron chi connectivity index (χ2n) is 8.76. The lowest BCUT2D eigenvalue weighted by Gasteiger charge is -2.37. The Labute approximate surface area is 194 Å². The summed E-state index contributed by atoms with van der Waals surface area (Å²) in [7, 11) is 1.92. The Morgan fingerprint density at radius 3 is 2.61 bits per heavy atom. The largest absolute Gasteiger partial charge is 0.373 e. The van der Waals surface area contributed by atoms with Gasteiger partial charge in [0.05, 0.1) is 12.7 Å². The number of anilines is 1. The van der Waals surface area contributed by atoms with Crippen LogP contribution < -0.4 is 10.6 Å². The highest BCUT2D eigenvalue weighted by Gasteiger charge is 2.24. The molecule has 0 aliphatic carbocycles. The van der Waals surface area contributed by atoms with E-state index in [1.165, 1.54) is 11.1 Å². The van der Waals surface area contributed by atoms with Gasteiger partial charge in [-0.05, 0) is 54.3 Å². The van der Waals surface area contributed by atoms with Gasteiger partial charge in [-0.2, -0.15) is 5.10 Å². The summed E-state index contributed by atoms with van der Waals surface area (Å²) in [5.41, 5.74) is 10.8. The number of hydrogen-bond donors (Lipinski definition) is 1. The Kier molecular flexibility index (Phi) is 6.11. The van der Waals surface area contributed by atoms with Gasteiger partial charge in [0, 0.05) is 56.6 Å². The van der Waals surface area contributed by atoms with E-state index in [0.29, 0.717) is 5.56 Å². The zero-order valence-corrected chi connectivity index (χ0v) is 19.0. The molecule has 1 amide bonds. The van der Waals surface area contributed by atoms with Crippen LogP contribution in [0.2, 0.25) is 0 Å². The zero-order valence-electron chi connectivity index (χ0n) is 19.0. The summed E-state index contributed by atoms with van der Waals surface area (Å²) in [6.07, 6.45) is 3.66. The van der Waals surface area contributed by atoms with E-state index in [4.69, 9.17) is 10.5 Å². The number of amides is 1. The molecule has 2 aromatic carbocycles. The third kappa shape index (κ3) is 4.62. The first kappa shape index (κ1) is 21.6. The molecule has 0 radical (unpaired) electrons. The first-order valence-corrected chi connectivity index (χ1v) is 11.5. The number of primary amides is 1. The Morgan fingerprint density at radius 1 is 1.12 bits per heavy atom. The van der Waals surface area contributed by atoms with Gasteiger partial charge in [0.25, 0.3) is 0 Å². The Balaban J connectivity index is 1.17. The topological polar surface area (TPSA) is 89.5 Å². The lowest BCUT2D eigenvalue weighted by Crippen LogP contribution is -2.47. The number of nitrogens with zero attached hydrogens (tertiary/aromatic N) is 5. The second kappa shape index (κ2) is 9.33. The molecule has 8 heteroatoms. The fourth-order valence-corrected chi connectivity index (χ4v) is 4.84. The zero-order chi connectivity index (χ0) is 22.8. The van der Waals surface area contributed by atoms with Crippen LogP contribution >= 0.6 is 0 Å². The van der Waals surface area contributed by atoms with Gasteiger partial charge in [-0.15, -0.1) is 0 Å². The molecule has 3 aromatic rings. The number of nitrogens with two attached hydrogens (primary N) is 1. The van der Waals surface area contributed by atoms with Crippen molar-refractivity contribution in [1.82, 2.24) is 19.7 Å². The Morgan fingerprint density at radius 2 is 1.91 bits per heavy atom. The third-order valence-corrected chi connectivity index (χ3v) is 6.75. The number of carbonyl (C=O) groups excluding carboxylic acids is 1. The fraction of sp³-hybridized carbons (Fsp3) is 0.400. The summed E-state index contributed by atoms with van der Waals surface area (Å²) in [5.74, 6) is 0.505. The number of hydrogen-bond acceptors (Lipinski definition) is 6. The minimum Gasteiger partial charge on any atom is -0.373 e. The normalized spacial score (nSPS) is 18.8. The van der Waals surface area contributed by atoms with Crippen LogP contribution in [0, 0.1) is 0 Å². The van der Waals surface area contributed by atoms with Gasteiger partial charge in [0.1, 0.15) is 6.33 Å². The van der Waals surface area contributed by atoms with E-state index < -0.39 is 0 Å². The number of aryl methyl sites for hydroxylation is 1. The van der Waals surface area contributed by atoms with Crippen LogP contribution in [0.15, 0.2) is 48.8 Å². The Hall–Kier alpha value is -3.23. The molecule has 1 saturated heterocycles. The Bertz CT molecular complexity index is 1120. The minimum atomic E-state index is -0.386. The van der Waals surface area contributed by atoms with Crippen LogP contribution in [-0.4, -0.2) is 64.9 Å². The molecule has 0 saturated carbocycles. The molecule has 1 aromatic heterocycles. The maximum atomic E-state index is 11.3. The number of ether oxygens (including phenoxy) is 1. The number of rotatable bonds is 6. The van der Waals surface area contributed by atoms with E-state index in [0.717, 1.165) is 69.2 Å². The molecular weight excluding hydrogens is 416 g/mol. The number of aromatic nitrogens is 3. The summed E-state index contributed by atoms with van der Waals surface area (Å²) in [4.78, 5) is 20.5. The molecular formula is C25H30N6O2. The van der Waals surface area contributed by atoms with Crippen LogP contribution in [0.4, 0.5) is 5.69 Å². The average Bonchev–Trinajstić information content (AvgIpc) is 3.28. The van der Waals surface area contributed by atoms with Crippen LogP contribution in [0.5, 0.6) is 0 Å².